The average Bonchev–Trinajstić information content (AvgIpc) is 3.23. The van der Waals surface area contributed by atoms with Gasteiger partial charge in [0.1, 0.15) is 17.4 Å². The Hall–Kier alpha value is -3.54. The van der Waals surface area contributed by atoms with Crippen LogP contribution in [0.15, 0.2) is 71.9 Å². The average molecular weight is 360 g/mol. The van der Waals surface area contributed by atoms with E-state index in [1.165, 1.54) is 29.2 Å². The van der Waals surface area contributed by atoms with Crippen LogP contribution in [0.4, 0.5) is 10.1 Å². The van der Waals surface area contributed by atoms with Gasteiger partial charge in [0.15, 0.2) is 0 Å². The molecular weight excluding hydrogens is 347 g/mol. The molecule has 0 radical (unpaired) electrons. The smallest absolute Gasteiger partial charge is 0.278 e. The van der Waals surface area contributed by atoms with Gasteiger partial charge >= 0.3 is 0 Å². The minimum atomic E-state index is -0.989. The van der Waals surface area contributed by atoms with Gasteiger partial charge in [-0.1, -0.05) is 53.7 Å². The Labute approximate surface area is 153 Å². The molecule has 2 atom stereocenters. The first-order valence-corrected chi connectivity index (χ1v) is 8.50. The Morgan fingerprint density at radius 1 is 0.889 bits per heavy atom. The zero-order valence-electron chi connectivity index (χ0n) is 14.0. The summed E-state index contributed by atoms with van der Waals surface area (Å²) >= 11 is 0. The van der Waals surface area contributed by atoms with Crippen LogP contribution in [0.25, 0.3) is 10.8 Å². The second-order valence-electron chi connectivity index (χ2n) is 6.50. The largest absolute Gasteiger partial charge is 0.381 e. The van der Waals surface area contributed by atoms with Gasteiger partial charge in [0.25, 0.3) is 5.91 Å². The predicted molar refractivity (Wildman–Crippen MR) is 97.7 cm³/mol. The van der Waals surface area contributed by atoms with Crippen molar-refractivity contribution < 1.29 is 18.8 Å². The van der Waals surface area contributed by atoms with Crippen molar-refractivity contribution in [2.75, 3.05) is 4.90 Å². The molecule has 2 amide bonds. The van der Waals surface area contributed by atoms with Gasteiger partial charge in [-0.15, -0.1) is 0 Å². The van der Waals surface area contributed by atoms with Gasteiger partial charge < -0.3 is 4.84 Å². The van der Waals surface area contributed by atoms with Gasteiger partial charge in [-0.3, -0.25) is 9.59 Å². The number of imide groups is 1. The van der Waals surface area contributed by atoms with Crippen molar-refractivity contribution in [1.29, 1.82) is 0 Å². The summed E-state index contributed by atoms with van der Waals surface area (Å²) in [6, 6.07) is 18.7. The number of nitrogens with zero attached hydrogens (tertiary/aromatic N) is 2. The number of oxime groups is 1. The molecule has 2 aliphatic rings. The third-order valence-electron chi connectivity index (χ3n) is 4.96. The van der Waals surface area contributed by atoms with E-state index in [-0.39, 0.29) is 11.7 Å². The van der Waals surface area contributed by atoms with E-state index in [0.717, 1.165) is 10.8 Å². The van der Waals surface area contributed by atoms with Crippen LogP contribution in [0.2, 0.25) is 0 Å². The van der Waals surface area contributed by atoms with Crippen LogP contribution in [0.3, 0.4) is 0 Å². The Morgan fingerprint density at radius 3 is 2.44 bits per heavy atom. The van der Waals surface area contributed by atoms with Crippen molar-refractivity contribution in [3.8, 4) is 0 Å². The molecule has 0 bridgehead atoms. The molecule has 0 N–H and O–H groups in total. The SMILES string of the molecule is O=C1C2ON=C(c3ccc(F)cc3)C2C(=O)N1c1cccc2ccccc12. The van der Waals surface area contributed by atoms with Crippen LogP contribution in [0, 0.1) is 11.7 Å². The van der Waals surface area contributed by atoms with Crippen molar-refractivity contribution in [2.45, 2.75) is 6.10 Å². The van der Waals surface area contributed by atoms with Gasteiger partial charge in [0.05, 0.1) is 5.69 Å². The number of carbonyl (C=O) groups is 2. The highest BCUT2D eigenvalue weighted by Crippen LogP contribution is 2.37. The lowest BCUT2D eigenvalue weighted by Crippen LogP contribution is -2.33. The van der Waals surface area contributed by atoms with Crippen LogP contribution in [-0.4, -0.2) is 23.6 Å². The molecule has 3 aromatic carbocycles. The van der Waals surface area contributed by atoms with E-state index in [1.807, 2.05) is 36.4 Å². The molecule has 6 heteroatoms. The van der Waals surface area contributed by atoms with Crippen molar-refractivity contribution in [1.82, 2.24) is 0 Å². The molecule has 0 aliphatic carbocycles. The van der Waals surface area contributed by atoms with Gasteiger partial charge in [-0.25, -0.2) is 9.29 Å². The maximum Gasteiger partial charge on any atom is 0.278 e. The zero-order valence-corrected chi connectivity index (χ0v) is 14.0. The van der Waals surface area contributed by atoms with Crippen LogP contribution >= 0.6 is 0 Å². The maximum atomic E-state index is 13.2. The summed E-state index contributed by atoms with van der Waals surface area (Å²) in [5.74, 6) is -2.05. The number of hydrogen-bond acceptors (Lipinski definition) is 4. The number of rotatable bonds is 2. The van der Waals surface area contributed by atoms with Gasteiger partial charge in [0, 0.05) is 10.9 Å². The highest BCUT2D eigenvalue weighted by atomic mass is 19.1. The van der Waals surface area contributed by atoms with Crippen molar-refractivity contribution in [2.24, 2.45) is 11.1 Å². The summed E-state index contributed by atoms with van der Waals surface area (Å²) in [7, 11) is 0. The summed E-state index contributed by atoms with van der Waals surface area (Å²) in [6.07, 6.45) is -0.989. The van der Waals surface area contributed by atoms with Gasteiger partial charge in [-0.05, 0) is 23.6 Å². The molecule has 132 valence electrons. The van der Waals surface area contributed by atoms with E-state index < -0.39 is 17.9 Å². The molecule has 5 rings (SSSR count). The van der Waals surface area contributed by atoms with E-state index in [0.29, 0.717) is 17.0 Å². The Morgan fingerprint density at radius 2 is 1.63 bits per heavy atom. The quantitative estimate of drug-likeness (QED) is 0.659. The van der Waals surface area contributed by atoms with E-state index >= 15 is 0 Å². The number of amides is 2. The van der Waals surface area contributed by atoms with Gasteiger partial charge in [0.2, 0.25) is 12.0 Å². The predicted octanol–water partition coefficient (Wildman–Crippen LogP) is 3.27. The molecule has 1 fully saturated rings. The van der Waals surface area contributed by atoms with E-state index in [4.69, 9.17) is 4.84 Å². The minimum Gasteiger partial charge on any atom is -0.381 e. The van der Waals surface area contributed by atoms with Crippen LogP contribution in [0.5, 0.6) is 0 Å². The topological polar surface area (TPSA) is 59.0 Å². The molecule has 0 saturated carbocycles. The number of carbonyl (C=O) groups excluding carboxylic acids is 2. The lowest BCUT2D eigenvalue weighted by atomic mass is 9.94. The third kappa shape index (κ3) is 2.26. The molecule has 27 heavy (non-hydrogen) atoms. The Balaban J connectivity index is 1.58. The molecule has 0 spiro atoms. The third-order valence-corrected chi connectivity index (χ3v) is 4.96. The standard InChI is InChI=1S/C21H13FN2O3/c22-14-10-8-13(9-11-14)18-17-19(27-23-18)21(26)24(20(17)25)16-7-3-5-12-4-1-2-6-15(12)16/h1-11,17,19H. The Kier molecular flexibility index (Phi) is 3.33. The number of halogens is 1. The summed E-state index contributed by atoms with van der Waals surface area (Å²) in [5, 5.41) is 5.68. The van der Waals surface area contributed by atoms with Gasteiger partial charge in [-0.2, -0.15) is 0 Å². The summed E-state index contributed by atoms with van der Waals surface area (Å²) in [6.45, 7) is 0. The monoisotopic (exact) mass is 360 g/mol. The van der Waals surface area contributed by atoms with Crippen LogP contribution in [0.1, 0.15) is 5.56 Å². The highest BCUT2D eigenvalue weighted by Gasteiger charge is 2.56. The number of hydrogen-bond donors (Lipinski definition) is 0. The molecule has 2 unspecified atom stereocenters. The zero-order chi connectivity index (χ0) is 18.5. The van der Waals surface area contributed by atoms with E-state index in [2.05, 4.69) is 5.16 Å². The lowest BCUT2D eigenvalue weighted by Gasteiger charge is -2.17. The molecule has 2 heterocycles. The first-order chi connectivity index (χ1) is 13.1. The van der Waals surface area contributed by atoms with Crippen LogP contribution < -0.4 is 4.90 Å². The number of anilines is 1. The summed E-state index contributed by atoms with van der Waals surface area (Å²) in [4.78, 5) is 32.6. The minimum absolute atomic E-state index is 0.348. The summed E-state index contributed by atoms with van der Waals surface area (Å²) in [5.41, 5.74) is 1.44. The fourth-order valence-corrected chi connectivity index (χ4v) is 3.68. The summed E-state index contributed by atoms with van der Waals surface area (Å²) < 4.78 is 13.2. The Bertz CT molecular complexity index is 1120. The number of benzene rings is 3. The van der Waals surface area contributed by atoms with E-state index in [9.17, 15) is 14.0 Å². The second kappa shape index (κ2) is 5.74. The maximum absolute atomic E-state index is 13.2. The van der Waals surface area contributed by atoms with E-state index in [1.54, 1.807) is 6.07 Å². The fraction of sp³-hybridized carbons (Fsp3) is 0.0952. The molecule has 3 aromatic rings. The molecule has 5 nitrogen and oxygen atoms in total. The fourth-order valence-electron chi connectivity index (χ4n) is 3.68. The van der Waals surface area contributed by atoms with Crippen molar-refractivity contribution >= 4 is 34.0 Å². The first-order valence-electron chi connectivity index (χ1n) is 8.50. The highest BCUT2D eigenvalue weighted by molar-refractivity contribution is 6.33. The first kappa shape index (κ1) is 15.7. The number of fused-ring (bicyclic) bond motifs is 2. The molecule has 2 aliphatic heterocycles. The second-order valence-corrected chi connectivity index (χ2v) is 6.50. The molecule has 0 aromatic heterocycles. The lowest BCUT2D eigenvalue weighted by molar-refractivity contribution is -0.126. The molecular formula is C21H13FN2O3. The molecule has 1 saturated heterocycles. The van der Waals surface area contributed by atoms with Crippen molar-refractivity contribution in [3.63, 3.8) is 0 Å². The van der Waals surface area contributed by atoms with Crippen molar-refractivity contribution in [3.05, 3.63) is 78.1 Å². The van der Waals surface area contributed by atoms with Crippen LogP contribution in [-0.2, 0) is 14.4 Å². The normalized spacial score (nSPS) is 21.4.